The number of hydrogen-bond acceptors (Lipinski definition) is 3. The molecule has 0 bridgehead atoms. The van der Waals surface area contributed by atoms with Crippen LogP contribution in [0, 0.1) is 0 Å². The van der Waals surface area contributed by atoms with E-state index in [4.69, 9.17) is 4.74 Å². The summed E-state index contributed by atoms with van der Waals surface area (Å²) >= 11 is 0. The monoisotopic (exact) mass is 214 g/mol. The smallest absolute Gasteiger partial charge is 0.0600 e. The van der Waals surface area contributed by atoms with E-state index in [1.54, 1.807) is 0 Å². The fraction of sp³-hybridized carbons (Fsp3) is 1.00. The molecule has 15 heavy (non-hydrogen) atoms. The summed E-state index contributed by atoms with van der Waals surface area (Å²) in [7, 11) is 4.18. The van der Waals surface area contributed by atoms with Crippen molar-refractivity contribution in [1.82, 2.24) is 9.80 Å². The van der Waals surface area contributed by atoms with E-state index >= 15 is 0 Å². The van der Waals surface area contributed by atoms with E-state index in [1.165, 1.54) is 25.9 Å². The number of ether oxygens (including phenoxy) is 1. The lowest BCUT2D eigenvalue weighted by Gasteiger charge is -2.34. The van der Waals surface area contributed by atoms with Gasteiger partial charge in [0, 0.05) is 25.7 Å². The summed E-state index contributed by atoms with van der Waals surface area (Å²) in [6.07, 6.45) is 2.90. The molecule has 3 heteroatoms. The zero-order valence-corrected chi connectivity index (χ0v) is 10.7. The molecule has 0 spiro atoms. The van der Waals surface area contributed by atoms with Gasteiger partial charge in [0.1, 0.15) is 0 Å². The van der Waals surface area contributed by atoms with Crippen molar-refractivity contribution < 1.29 is 4.74 Å². The molecule has 1 heterocycles. The second-order valence-electron chi connectivity index (χ2n) is 5.00. The molecule has 1 fully saturated rings. The Morgan fingerprint density at radius 3 is 2.33 bits per heavy atom. The highest BCUT2D eigenvalue weighted by Gasteiger charge is 2.20. The molecule has 0 atom stereocenters. The van der Waals surface area contributed by atoms with Gasteiger partial charge in [-0.1, -0.05) is 0 Å². The highest BCUT2D eigenvalue weighted by atomic mass is 16.5. The first-order valence-corrected chi connectivity index (χ1v) is 6.10. The number of rotatable bonds is 5. The first-order valence-electron chi connectivity index (χ1n) is 6.10. The fourth-order valence-corrected chi connectivity index (χ4v) is 1.96. The van der Waals surface area contributed by atoms with Crippen LogP contribution in [0.4, 0.5) is 0 Å². The van der Waals surface area contributed by atoms with Crippen molar-refractivity contribution >= 4 is 0 Å². The Bertz CT molecular complexity index is 160. The van der Waals surface area contributed by atoms with Gasteiger partial charge in [-0.15, -0.1) is 0 Å². The molecular weight excluding hydrogens is 188 g/mol. The summed E-state index contributed by atoms with van der Waals surface area (Å²) in [5.74, 6) is 0. The van der Waals surface area contributed by atoms with Gasteiger partial charge in [-0.3, -0.25) is 0 Å². The van der Waals surface area contributed by atoms with Crippen LogP contribution in [0.25, 0.3) is 0 Å². The SMILES string of the molecule is CC(C)N1CCC(OCCN(C)C)CC1. The van der Waals surface area contributed by atoms with E-state index in [0.29, 0.717) is 12.1 Å². The Kier molecular flexibility index (Phi) is 5.58. The third-order valence-electron chi connectivity index (χ3n) is 3.10. The van der Waals surface area contributed by atoms with Crippen LogP contribution < -0.4 is 0 Å². The molecule has 0 radical (unpaired) electrons. The Morgan fingerprint density at radius 1 is 1.27 bits per heavy atom. The number of likely N-dealkylation sites (tertiary alicyclic amines) is 1. The lowest BCUT2D eigenvalue weighted by atomic mass is 10.1. The first-order chi connectivity index (χ1) is 7.09. The van der Waals surface area contributed by atoms with Gasteiger partial charge in [-0.25, -0.2) is 0 Å². The molecule has 0 aromatic heterocycles. The normalized spacial score (nSPS) is 20.4. The summed E-state index contributed by atoms with van der Waals surface area (Å²) in [4.78, 5) is 4.70. The number of hydrogen-bond donors (Lipinski definition) is 0. The van der Waals surface area contributed by atoms with Crippen LogP contribution in [0.15, 0.2) is 0 Å². The zero-order chi connectivity index (χ0) is 11.3. The minimum Gasteiger partial charge on any atom is -0.377 e. The third kappa shape index (κ3) is 4.96. The molecule has 0 unspecified atom stereocenters. The lowest BCUT2D eigenvalue weighted by molar-refractivity contribution is -0.00335. The van der Waals surface area contributed by atoms with E-state index in [1.807, 2.05) is 0 Å². The van der Waals surface area contributed by atoms with Crippen LogP contribution >= 0.6 is 0 Å². The second-order valence-corrected chi connectivity index (χ2v) is 5.00. The van der Waals surface area contributed by atoms with Crippen molar-refractivity contribution in [3.63, 3.8) is 0 Å². The molecule has 0 N–H and O–H groups in total. The number of likely N-dealkylation sites (N-methyl/N-ethyl adjacent to an activating group) is 1. The van der Waals surface area contributed by atoms with Gasteiger partial charge in [0.25, 0.3) is 0 Å². The molecule has 1 rings (SSSR count). The molecule has 0 aliphatic carbocycles. The molecule has 90 valence electrons. The predicted molar refractivity (Wildman–Crippen MR) is 64.2 cm³/mol. The molecule has 0 aromatic rings. The second kappa shape index (κ2) is 6.46. The van der Waals surface area contributed by atoms with Crippen molar-refractivity contribution in [2.45, 2.75) is 38.8 Å². The summed E-state index contributed by atoms with van der Waals surface area (Å²) in [5.41, 5.74) is 0. The summed E-state index contributed by atoms with van der Waals surface area (Å²) in [5, 5.41) is 0. The van der Waals surface area contributed by atoms with Crippen LogP contribution in [-0.2, 0) is 4.74 Å². The predicted octanol–water partition coefficient (Wildman–Crippen LogP) is 1.44. The minimum atomic E-state index is 0.500. The average Bonchev–Trinajstić information content (AvgIpc) is 2.18. The maximum Gasteiger partial charge on any atom is 0.0600 e. The molecular formula is C12H26N2O. The minimum absolute atomic E-state index is 0.500. The van der Waals surface area contributed by atoms with Gasteiger partial charge in [0.2, 0.25) is 0 Å². The summed E-state index contributed by atoms with van der Waals surface area (Å²) in [6.45, 7) is 8.85. The van der Waals surface area contributed by atoms with Gasteiger partial charge < -0.3 is 14.5 Å². The van der Waals surface area contributed by atoms with E-state index in [0.717, 1.165) is 13.2 Å². The zero-order valence-electron chi connectivity index (χ0n) is 10.7. The molecule has 1 aliphatic heterocycles. The fourth-order valence-electron chi connectivity index (χ4n) is 1.96. The van der Waals surface area contributed by atoms with Crippen LogP contribution in [0.2, 0.25) is 0 Å². The van der Waals surface area contributed by atoms with Gasteiger partial charge in [-0.05, 0) is 40.8 Å². The molecule has 0 amide bonds. The van der Waals surface area contributed by atoms with Crippen LogP contribution in [0.3, 0.4) is 0 Å². The number of nitrogens with zero attached hydrogens (tertiary/aromatic N) is 2. The largest absolute Gasteiger partial charge is 0.377 e. The Labute approximate surface area is 94.4 Å². The van der Waals surface area contributed by atoms with Crippen LogP contribution in [0.1, 0.15) is 26.7 Å². The standard InChI is InChI=1S/C12H26N2O/c1-11(2)14-7-5-12(6-8-14)15-10-9-13(3)4/h11-12H,5-10H2,1-4H3. The maximum atomic E-state index is 5.85. The Balaban J connectivity index is 2.09. The van der Waals surface area contributed by atoms with Gasteiger partial charge in [0.15, 0.2) is 0 Å². The highest BCUT2D eigenvalue weighted by molar-refractivity contribution is 4.74. The van der Waals surface area contributed by atoms with Crippen molar-refractivity contribution in [2.75, 3.05) is 40.3 Å². The maximum absolute atomic E-state index is 5.85. The van der Waals surface area contributed by atoms with Gasteiger partial charge in [-0.2, -0.15) is 0 Å². The van der Waals surface area contributed by atoms with Crippen molar-refractivity contribution in [2.24, 2.45) is 0 Å². The van der Waals surface area contributed by atoms with Crippen molar-refractivity contribution in [1.29, 1.82) is 0 Å². The molecule has 0 saturated carbocycles. The lowest BCUT2D eigenvalue weighted by Crippen LogP contribution is -2.41. The first kappa shape index (κ1) is 12.9. The third-order valence-corrected chi connectivity index (χ3v) is 3.10. The topological polar surface area (TPSA) is 15.7 Å². The molecule has 1 saturated heterocycles. The van der Waals surface area contributed by atoms with E-state index in [-0.39, 0.29) is 0 Å². The molecule has 3 nitrogen and oxygen atoms in total. The number of piperidine rings is 1. The Hall–Kier alpha value is -0.120. The summed E-state index contributed by atoms with van der Waals surface area (Å²) < 4.78 is 5.85. The van der Waals surface area contributed by atoms with Crippen LogP contribution in [0.5, 0.6) is 0 Å². The van der Waals surface area contributed by atoms with E-state index < -0.39 is 0 Å². The van der Waals surface area contributed by atoms with Crippen molar-refractivity contribution in [3.8, 4) is 0 Å². The average molecular weight is 214 g/mol. The summed E-state index contributed by atoms with van der Waals surface area (Å²) in [6, 6.07) is 0.688. The van der Waals surface area contributed by atoms with E-state index in [2.05, 4.69) is 37.7 Å². The quantitative estimate of drug-likeness (QED) is 0.689. The van der Waals surface area contributed by atoms with Crippen LogP contribution in [-0.4, -0.2) is 62.3 Å². The van der Waals surface area contributed by atoms with E-state index in [9.17, 15) is 0 Å². The molecule has 0 aromatic carbocycles. The molecule has 1 aliphatic rings. The highest BCUT2D eigenvalue weighted by Crippen LogP contribution is 2.15. The van der Waals surface area contributed by atoms with Gasteiger partial charge in [0.05, 0.1) is 12.7 Å². The van der Waals surface area contributed by atoms with Crippen molar-refractivity contribution in [3.05, 3.63) is 0 Å². The Morgan fingerprint density at radius 2 is 1.87 bits per heavy atom. The van der Waals surface area contributed by atoms with Gasteiger partial charge >= 0.3 is 0 Å².